The molecule has 0 bridgehead atoms. The summed E-state index contributed by atoms with van der Waals surface area (Å²) >= 11 is 1.60. The minimum Gasteiger partial charge on any atom is -0.330 e. The van der Waals surface area contributed by atoms with E-state index in [0.29, 0.717) is 6.54 Å². The third-order valence-electron chi connectivity index (χ3n) is 2.41. The number of hydrogen-bond acceptors (Lipinski definition) is 3. The van der Waals surface area contributed by atoms with Crippen LogP contribution in [0.2, 0.25) is 0 Å². The van der Waals surface area contributed by atoms with E-state index in [0.717, 1.165) is 17.0 Å². The Morgan fingerprint density at radius 2 is 2.33 bits per heavy atom. The molecule has 1 atom stereocenters. The van der Waals surface area contributed by atoms with Gasteiger partial charge in [-0.15, -0.1) is 11.8 Å². The lowest BCUT2D eigenvalue weighted by Gasteiger charge is -2.21. The van der Waals surface area contributed by atoms with Crippen LogP contribution in [0.5, 0.6) is 0 Å². The summed E-state index contributed by atoms with van der Waals surface area (Å²) in [6, 6.07) is 6.14. The summed E-state index contributed by atoms with van der Waals surface area (Å²) in [5.74, 6) is 0.0809. The fraction of sp³-hybridized carbons (Fsp3) is 0.364. The maximum atomic E-state index is 11.5. The lowest BCUT2D eigenvalue weighted by Crippen LogP contribution is -2.26. The van der Waals surface area contributed by atoms with Crippen molar-refractivity contribution in [2.24, 2.45) is 5.73 Å². The number of hydrogen-bond donors (Lipinski definition) is 2. The zero-order valence-corrected chi connectivity index (χ0v) is 9.43. The Morgan fingerprint density at radius 3 is 3.07 bits per heavy atom. The molecule has 15 heavy (non-hydrogen) atoms. The molecule has 0 aliphatic carbocycles. The van der Waals surface area contributed by atoms with Gasteiger partial charge in [-0.3, -0.25) is 4.79 Å². The van der Waals surface area contributed by atoms with Crippen LogP contribution in [0.1, 0.15) is 12.5 Å². The smallest absolute Gasteiger partial charge is 0.237 e. The van der Waals surface area contributed by atoms with Gasteiger partial charge in [0.15, 0.2) is 0 Å². The molecular formula is C11H14N2OS. The van der Waals surface area contributed by atoms with Crippen LogP contribution < -0.4 is 11.1 Å². The van der Waals surface area contributed by atoms with Gasteiger partial charge in [0, 0.05) is 4.90 Å². The predicted molar refractivity (Wildman–Crippen MR) is 63.1 cm³/mol. The summed E-state index contributed by atoms with van der Waals surface area (Å²) in [5, 5.41) is 2.91. The zero-order chi connectivity index (χ0) is 10.8. The monoisotopic (exact) mass is 222 g/mol. The molecule has 1 aromatic rings. The first-order chi connectivity index (χ1) is 7.20. The maximum absolute atomic E-state index is 11.5. The van der Waals surface area contributed by atoms with Crippen molar-refractivity contribution in [3.8, 4) is 0 Å². The van der Waals surface area contributed by atoms with Crippen molar-refractivity contribution >= 4 is 23.4 Å². The van der Waals surface area contributed by atoms with Crippen LogP contribution in [0.15, 0.2) is 23.1 Å². The third-order valence-corrected chi connectivity index (χ3v) is 3.59. The minimum atomic E-state index is -0.00198. The molecule has 0 aromatic heterocycles. The number of carbonyl (C=O) groups is 1. The molecule has 0 spiro atoms. The molecule has 0 saturated carbocycles. The quantitative estimate of drug-likeness (QED) is 0.799. The van der Waals surface area contributed by atoms with E-state index in [4.69, 9.17) is 5.73 Å². The highest BCUT2D eigenvalue weighted by molar-refractivity contribution is 8.00. The predicted octanol–water partition coefficient (Wildman–Crippen LogP) is 1.62. The van der Waals surface area contributed by atoms with Gasteiger partial charge in [0.05, 0.1) is 10.9 Å². The minimum absolute atomic E-state index is 0.00198. The van der Waals surface area contributed by atoms with Gasteiger partial charge in [-0.25, -0.2) is 0 Å². The molecule has 4 heteroatoms. The zero-order valence-electron chi connectivity index (χ0n) is 8.62. The van der Waals surface area contributed by atoms with Crippen LogP contribution in [0.25, 0.3) is 0 Å². The number of anilines is 1. The molecule has 1 unspecified atom stereocenters. The average molecular weight is 222 g/mol. The van der Waals surface area contributed by atoms with Crippen molar-refractivity contribution < 1.29 is 4.79 Å². The first-order valence-corrected chi connectivity index (χ1v) is 5.89. The molecule has 1 heterocycles. The number of nitrogens with one attached hydrogen (secondary N) is 1. The average Bonchev–Trinajstić information content (AvgIpc) is 2.21. The van der Waals surface area contributed by atoms with Gasteiger partial charge in [0.1, 0.15) is 0 Å². The van der Waals surface area contributed by atoms with Crippen LogP contribution in [0, 0.1) is 0 Å². The third kappa shape index (κ3) is 2.16. The number of fused-ring (bicyclic) bond motifs is 1. The molecule has 3 nitrogen and oxygen atoms in total. The fourth-order valence-corrected chi connectivity index (χ4v) is 2.51. The Labute approximate surface area is 93.4 Å². The maximum Gasteiger partial charge on any atom is 0.237 e. The van der Waals surface area contributed by atoms with Crippen LogP contribution in [0.3, 0.4) is 0 Å². The summed E-state index contributed by atoms with van der Waals surface area (Å²) in [7, 11) is 0. The van der Waals surface area contributed by atoms with Crippen molar-refractivity contribution in [2.75, 3.05) is 11.9 Å². The topological polar surface area (TPSA) is 55.1 Å². The van der Waals surface area contributed by atoms with Gasteiger partial charge in [0.25, 0.3) is 0 Å². The molecule has 3 N–H and O–H groups in total. The summed E-state index contributed by atoms with van der Waals surface area (Å²) in [6.45, 7) is 2.55. The number of amides is 1. The second-order valence-corrected chi connectivity index (χ2v) is 5.00. The molecule has 1 aliphatic heterocycles. The van der Waals surface area contributed by atoms with Crippen LogP contribution in [0.4, 0.5) is 5.69 Å². The van der Waals surface area contributed by atoms with Gasteiger partial charge >= 0.3 is 0 Å². The second-order valence-electron chi connectivity index (χ2n) is 3.62. The van der Waals surface area contributed by atoms with Crippen LogP contribution in [-0.2, 0) is 11.2 Å². The molecule has 0 fully saturated rings. The molecular weight excluding hydrogens is 208 g/mol. The molecule has 0 saturated heterocycles. The highest BCUT2D eigenvalue weighted by Gasteiger charge is 2.22. The van der Waals surface area contributed by atoms with Crippen molar-refractivity contribution in [3.05, 3.63) is 23.8 Å². The molecule has 1 aromatic carbocycles. The first-order valence-electron chi connectivity index (χ1n) is 5.01. The number of rotatable bonds is 2. The summed E-state index contributed by atoms with van der Waals surface area (Å²) < 4.78 is 0. The molecule has 2 rings (SSSR count). The SMILES string of the molecule is CC1Sc2ccc(CCN)cc2NC1=O. The first kappa shape index (κ1) is 10.5. The molecule has 1 aliphatic rings. The summed E-state index contributed by atoms with van der Waals surface area (Å²) in [6.07, 6.45) is 0.851. The van der Waals surface area contributed by atoms with E-state index in [1.54, 1.807) is 11.8 Å². The van der Waals surface area contributed by atoms with Crippen molar-refractivity contribution in [3.63, 3.8) is 0 Å². The highest BCUT2D eigenvalue weighted by atomic mass is 32.2. The van der Waals surface area contributed by atoms with Gasteiger partial charge in [-0.2, -0.15) is 0 Å². The standard InChI is InChI=1S/C11H14N2OS/c1-7-11(14)13-9-6-8(4-5-12)2-3-10(9)15-7/h2-3,6-7H,4-5,12H2,1H3,(H,13,14). The summed E-state index contributed by atoms with van der Waals surface area (Å²) in [5.41, 5.74) is 7.59. The van der Waals surface area contributed by atoms with E-state index in [2.05, 4.69) is 17.4 Å². The van der Waals surface area contributed by atoms with Crippen LogP contribution in [-0.4, -0.2) is 17.7 Å². The Morgan fingerprint density at radius 1 is 1.53 bits per heavy atom. The van der Waals surface area contributed by atoms with Crippen LogP contribution >= 0.6 is 11.8 Å². The number of nitrogens with two attached hydrogens (primary N) is 1. The molecule has 1 amide bonds. The Hall–Kier alpha value is -1.00. The molecule has 80 valence electrons. The van der Waals surface area contributed by atoms with E-state index in [9.17, 15) is 4.79 Å². The number of benzene rings is 1. The largest absolute Gasteiger partial charge is 0.330 e. The normalized spacial score (nSPS) is 19.6. The van der Waals surface area contributed by atoms with E-state index < -0.39 is 0 Å². The van der Waals surface area contributed by atoms with E-state index in [1.165, 1.54) is 5.56 Å². The number of carbonyl (C=O) groups excluding carboxylic acids is 1. The lowest BCUT2D eigenvalue weighted by molar-refractivity contribution is -0.115. The van der Waals surface area contributed by atoms with Gasteiger partial charge in [0.2, 0.25) is 5.91 Å². The Bertz CT molecular complexity index is 392. The Balaban J connectivity index is 2.29. The van der Waals surface area contributed by atoms with E-state index in [-0.39, 0.29) is 11.2 Å². The van der Waals surface area contributed by atoms with Crippen molar-refractivity contribution in [2.45, 2.75) is 23.5 Å². The fourth-order valence-electron chi connectivity index (χ4n) is 1.58. The molecule has 0 radical (unpaired) electrons. The second kappa shape index (κ2) is 4.24. The highest BCUT2D eigenvalue weighted by Crippen LogP contribution is 2.35. The van der Waals surface area contributed by atoms with Gasteiger partial charge < -0.3 is 11.1 Å². The Kier molecular flexibility index (Phi) is 2.98. The van der Waals surface area contributed by atoms with Gasteiger partial charge in [-0.1, -0.05) is 6.07 Å². The van der Waals surface area contributed by atoms with E-state index >= 15 is 0 Å². The van der Waals surface area contributed by atoms with Crippen molar-refractivity contribution in [1.29, 1.82) is 0 Å². The summed E-state index contributed by atoms with van der Waals surface area (Å²) in [4.78, 5) is 12.6. The van der Waals surface area contributed by atoms with E-state index in [1.807, 2.05) is 13.0 Å². The van der Waals surface area contributed by atoms with Gasteiger partial charge in [-0.05, 0) is 37.6 Å². The van der Waals surface area contributed by atoms with Crippen molar-refractivity contribution in [1.82, 2.24) is 0 Å². The number of thioether (sulfide) groups is 1. The lowest BCUT2D eigenvalue weighted by atomic mass is 10.1.